The van der Waals surface area contributed by atoms with Crippen LogP contribution in [0.2, 0.25) is 0 Å². The molecular formula is C15H25N. The highest BCUT2D eigenvalue weighted by molar-refractivity contribution is 5.15. The van der Waals surface area contributed by atoms with Crippen LogP contribution in [-0.4, -0.2) is 13.1 Å². The van der Waals surface area contributed by atoms with Gasteiger partial charge in [0.1, 0.15) is 0 Å². The monoisotopic (exact) mass is 219 g/mol. The lowest BCUT2D eigenvalue weighted by Crippen LogP contribution is -2.29. The zero-order valence-electron chi connectivity index (χ0n) is 10.9. The Balaban J connectivity index is 2.49. The van der Waals surface area contributed by atoms with Crippen molar-refractivity contribution >= 4 is 0 Å². The zero-order valence-corrected chi connectivity index (χ0v) is 10.9. The van der Waals surface area contributed by atoms with E-state index in [9.17, 15) is 0 Å². The fourth-order valence-corrected chi connectivity index (χ4v) is 2.23. The minimum absolute atomic E-state index is 0.618. The van der Waals surface area contributed by atoms with Gasteiger partial charge in [0.25, 0.3) is 0 Å². The van der Waals surface area contributed by atoms with E-state index in [2.05, 4.69) is 56.5 Å². The lowest BCUT2D eigenvalue weighted by molar-refractivity contribution is 0.377. The standard InChI is InChI=1S/C15H25N/c1-4-13(5-2)11-15(16-3)12-14-9-7-6-8-10-14/h6-10,13,15-16H,4-5,11-12H2,1-3H3. The van der Waals surface area contributed by atoms with Gasteiger partial charge >= 0.3 is 0 Å². The maximum absolute atomic E-state index is 3.45. The number of likely N-dealkylation sites (N-methyl/N-ethyl adjacent to an activating group) is 1. The molecule has 1 atom stereocenters. The Morgan fingerprint density at radius 3 is 2.19 bits per heavy atom. The van der Waals surface area contributed by atoms with E-state index < -0.39 is 0 Å². The second-order valence-corrected chi connectivity index (χ2v) is 4.59. The van der Waals surface area contributed by atoms with Gasteiger partial charge in [0.2, 0.25) is 0 Å². The molecule has 1 aromatic rings. The fraction of sp³-hybridized carbons (Fsp3) is 0.600. The van der Waals surface area contributed by atoms with E-state index in [4.69, 9.17) is 0 Å². The maximum atomic E-state index is 3.45. The van der Waals surface area contributed by atoms with E-state index in [0.29, 0.717) is 6.04 Å². The molecule has 0 heterocycles. The molecule has 1 aromatic carbocycles. The van der Waals surface area contributed by atoms with Crippen LogP contribution in [0.25, 0.3) is 0 Å². The highest BCUT2D eigenvalue weighted by Crippen LogP contribution is 2.17. The number of nitrogens with one attached hydrogen (secondary N) is 1. The van der Waals surface area contributed by atoms with Crippen molar-refractivity contribution in [3.8, 4) is 0 Å². The van der Waals surface area contributed by atoms with Crippen LogP contribution in [0.3, 0.4) is 0 Å². The fourth-order valence-electron chi connectivity index (χ4n) is 2.23. The summed E-state index contributed by atoms with van der Waals surface area (Å²) in [6.07, 6.45) is 5.03. The van der Waals surface area contributed by atoms with Crippen molar-refractivity contribution in [3.05, 3.63) is 35.9 Å². The summed E-state index contributed by atoms with van der Waals surface area (Å²) < 4.78 is 0. The van der Waals surface area contributed by atoms with Gasteiger partial charge in [-0.3, -0.25) is 0 Å². The smallest absolute Gasteiger partial charge is 0.0107 e. The second-order valence-electron chi connectivity index (χ2n) is 4.59. The minimum atomic E-state index is 0.618. The lowest BCUT2D eigenvalue weighted by Gasteiger charge is -2.21. The molecule has 1 unspecified atom stereocenters. The molecule has 0 amide bonds. The molecule has 0 spiro atoms. The average molecular weight is 219 g/mol. The van der Waals surface area contributed by atoms with E-state index in [1.165, 1.54) is 24.8 Å². The molecule has 0 aliphatic carbocycles. The molecule has 1 rings (SSSR count). The molecule has 0 aliphatic heterocycles. The van der Waals surface area contributed by atoms with Crippen molar-refractivity contribution in [1.29, 1.82) is 0 Å². The molecule has 0 aromatic heterocycles. The van der Waals surface area contributed by atoms with Gasteiger partial charge in [-0.1, -0.05) is 57.0 Å². The van der Waals surface area contributed by atoms with Crippen molar-refractivity contribution in [2.75, 3.05) is 7.05 Å². The Morgan fingerprint density at radius 1 is 1.06 bits per heavy atom. The van der Waals surface area contributed by atoms with Gasteiger partial charge in [0, 0.05) is 6.04 Å². The highest BCUT2D eigenvalue weighted by Gasteiger charge is 2.12. The predicted molar refractivity (Wildman–Crippen MR) is 71.7 cm³/mol. The van der Waals surface area contributed by atoms with Crippen LogP contribution in [0.15, 0.2) is 30.3 Å². The van der Waals surface area contributed by atoms with E-state index in [-0.39, 0.29) is 0 Å². The Kier molecular flexibility index (Phi) is 6.17. The SMILES string of the molecule is CCC(CC)CC(Cc1ccccc1)NC. The Hall–Kier alpha value is -0.820. The van der Waals surface area contributed by atoms with Gasteiger partial charge in [-0.25, -0.2) is 0 Å². The maximum Gasteiger partial charge on any atom is 0.0107 e. The molecular weight excluding hydrogens is 194 g/mol. The van der Waals surface area contributed by atoms with E-state index in [0.717, 1.165) is 12.3 Å². The first-order valence-corrected chi connectivity index (χ1v) is 6.51. The molecule has 16 heavy (non-hydrogen) atoms. The van der Waals surface area contributed by atoms with Crippen LogP contribution >= 0.6 is 0 Å². The average Bonchev–Trinajstić information content (AvgIpc) is 2.35. The summed E-state index contributed by atoms with van der Waals surface area (Å²) in [5.41, 5.74) is 1.44. The van der Waals surface area contributed by atoms with Gasteiger partial charge in [-0.15, -0.1) is 0 Å². The number of benzene rings is 1. The molecule has 0 bridgehead atoms. The van der Waals surface area contributed by atoms with Crippen molar-refractivity contribution < 1.29 is 0 Å². The summed E-state index contributed by atoms with van der Waals surface area (Å²) in [5.74, 6) is 0.862. The summed E-state index contributed by atoms with van der Waals surface area (Å²) in [7, 11) is 2.08. The van der Waals surface area contributed by atoms with Crippen LogP contribution in [0, 0.1) is 5.92 Å². The summed E-state index contributed by atoms with van der Waals surface area (Å²) in [5, 5.41) is 3.45. The van der Waals surface area contributed by atoms with E-state index >= 15 is 0 Å². The lowest BCUT2D eigenvalue weighted by atomic mass is 9.91. The third kappa shape index (κ3) is 4.36. The van der Waals surface area contributed by atoms with Crippen LogP contribution in [0.4, 0.5) is 0 Å². The predicted octanol–water partition coefficient (Wildman–Crippen LogP) is 3.64. The van der Waals surface area contributed by atoms with E-state index in [1.54, 1.807) is 0 Å². The first-order chi connectivity index (χ1) is 7.80. The summed E-state index contributed by atoms with van der Waals surface area (Å²) in [6.45, 7) is 4.59. The van der Waals surface area contributed by atoms with Crippen molar-refractivity contribution in [2.24, 2.45) is 5.92 Å². The zero-order chi connectivity index (χ0) is 11.8. The molecule has 0 radical (unpaired) electrons. The summed E-state index contributed by atoms with van der Waals surface area (Å²) in [6, 6.07) is 11.4. The molecule has 0 saturated heterocycles. The Bertz CT molecular complexity index is 264. The van der Waals surface area contributed by atoms with Gasteiger partial charge in [-0.05, 0) is 31.4 Å². The number of hydrogen-bond acceptors (Lipinski definition) is 1. The Morgan fingerprint density at radius 2 is 1.69 bits per heavy atom. The first kappa shape index (κ1) is 13.2. The molecule has 0 fully saturated rings. The van der Waals surface area contributed by atoms with Crippen molar-refractivity contribution in [2.45, 2.75) is 45.6 Å². The normalized spacial score (nSPS) is 13.0. The molecule has 1 nitrogen and oxygen atoms in total. The molecule has 90 valence electrons. The number of hydrogen-bond donors (Lipinski definition) is 1. The summed E-state index contributed by atoms with van der Waals surface area (Å²) in [4.78, 5) is 0. The summed E-state index contributed by atoms with van der Waals surface area (Å²) >= 11 is 0. The van der Waals surface area contributed by atoms with Gasteiger partial charge in [0.15, 0.2) is 0 Å². The molecule has 0 saturated carbocycles. The van der Waals surface area contributed by atoms with Crippen LogP contribution < -0.4 is 5.32 Å². The largest absolute Gasteiger partial charge is 0.317 e. The van der Waals surface area contributed by atoms with Gasteiger partial charge in [0.05, 0.1) is 0 Å². The van der Waals surface area contributed by atoms with Crippen LogP contribution in [-0.2, 0) is 6.42 Å². The van der Waals surface area contributed by atoms with Crippen molar-refractivity contribution in [3.63, 3.8) is 0 Å². The first-order valence-electron chi connectivity index (χ1n) is 6.51. The van der Waals surface area contributed by atoms with Crippen molar-refractivity contribution in [1.82, 2.24) is 5.32 Å². The third-order valence-electron chi connectivity index (χ3n) is 3.51. The second kappa shape index (κ2) is 7.45. The molecule has 1 heteroatoms. The van der Waals surface area contributed by atoms with E-state index in [1.807, 2.05) is 0 Å². The topological polar surface area (TPSA) is 12.0 Å². The quantitative estimate of drug-likeness (QED) is 0.738. The molecule has 0 aliphatic rings. The number of rotatable bonds is 7. The van der Waals surface area contributed by atoms with Gasteiger partial charge < -0.3 is 5.32 Å². The van der Waals surface area contributed by atoms with Gasteiger partial charge in [-0.2, -0.15) is 0 Å². The minimum Gasteiger partial charge on any atom is -0.317 e. The van der Waals surface area contributed by atoms with Crippen LogP contribution in [0.1, 0.15) is 38.7 Å². The molecule has 1 N–H and O–H groups in total. The highest BCUT2D eigenvalue weighted by atomic mass is 14.9. The third-order valence-corrected chi connectivity index (χ3v) is 3.51. The van der Waals surface area contributed by atoms with Crippen LogP contribution in [0.5, 0.6) is 0 Å². The Labute approximate surface area is 100 Å².